The Morgan fingerprint density at radius 3 is 1.17 bits per heavy atom. The number of amides is 1. The van der Waals surface area contributed by atoms with Crippen molar-refractivity contribution in [3.05, 3.63) is 12.2 Å². The molecule has 58 heavy (non-hydrogen) atoms. The van der Waals surface area contributed by atoms with E-state index in [1.54, 1.807) is 6.08 Å². The van der Waals surface area contributed by atoms with Crippen LogP contribution >= 0.6 is 0 Å². The summed E-state index contributed by atoms with van der Waals surface area (Å²) in [7, 11) is 0. The summed E-state index contributed by atoms with van der Waals surface area (Å²) in [6.07, 6.45) is 55.0. The Balaban J connectivity index is 3.43. The molecule has 0 aromatic carbocycles. The number of aliphatic hydroxyl groups is 2. The van der Waals surface area contributed by atoms with Crippen molar-refractivity contribution in [1.29, 1.82) is 0 Å². The van der Waals surface area contributed by atoms with Crippen LogP contribution in [0.5, 0.6) is 0 Å². The minimum atomic E-state index is -0.845. The van der Waals surface area contributed by atoms with E-state index < -0.39 is 12.1 Å². The van der Waals surface area contributed by atoms with Crippen molar-refractivity contribution in [2.45, 2.75) is 296 Å². The highest BCUT2D eigenvalue weighted by Crippen LogP contribution is 2.16. The molecule has 0 fully saturated rings. The van der Waals surface area contributed by atoms with Crippen LogP contribution in [-0.4, -0.2) is 47.4 Å². The molecule has 0 radical (unpaired) electrons. The maximum Gasteiger partial charge on any atom is 0.305 e. The van der Waals surface area contributed by atoms with Crippen LogP contribution in [-0.2, 0) is 14.3 Å². The van der Waals surface area contributed by atoms with Crippen LogP contribution in [0.3, 0.4) is 0 Å². The second-order valence-electron chi connectivity index (χ2n) is 17.9. The zero-order chi connectivity index (χ0) is 42.3. The van der Waals surface area contributed by atoms with E-state index in [1.165, 1.54) is 212 Å². The Bertz CT molecular complexity index is 863. The largest absolute Gasteiger partial charge is 0.466 e. The van der Waals surface area contributed by atoms with Gasteiger partial charge in [0.2, 0.25) is 5.91 Å². The molecular weight excluding hydrogens is 719 g/mol. The van der Waals surface area contributed by atoms with Crippen LogP contribution < -0.4 is 5.32 Å². The van der Waals surface area contributed by atoms with Crippen LogP contribution in [0.1, 0.15) is 284 Å². The van der Waals surface area contributed by atoms with Crippen molar-refractivity contribution >= 4 is 11.9 Å². The highest BCUT2D eigenvalue weighted by molar-refractivity contribution is 5.76. The SMILES string of the molecule is CCCCCCCCCCCC/C=C/C(O)C(CO)NC(=O)CCCCCCCCCCCCCCCCCCCOC(=O)CCCCCCCCCCCCCC. The predicted molar refractivity (Wildman–Crippen MR) is 250 cm³/mol. The number of esters is 1. The van der Waals surface area contributed by atoms with E-state index in [9.17, 15) is 19.8 Å². The summed E-state index contributed by atoms with van der Waals surface area (Å²) in [5.74, 6) is -0.0683. The van der Waals surface area contributed by atoms with Crippen LogP contribution in [0.15, 0.2) is 12.2 Å². The minimum Gasteiger partial charge on any atom is -0.466 e. The molecule has 0 aliphatic rings. The number of aliphatic hydroxyl groups excluding tert-OH is 2. The van der Waals surface area contributed by atoms with Gasteiger partial charge in [0, 0.05) is 12.8 Å². The highest BCUT2D eigenvalue weighted by Gasteiger charge is 2.18. The van der Waals surface area contributed by atoms with Gasteiger partial charge in [-0.2, -0.15) is 0 Å². The van der Waals surface area contributed by atoms with Gasteiger partial charge in [0.25, 0.3) is 0 Å². The molecule has 0 aliphatic carbocycles. The quantitative estimate of drug-likeness (QED) is 0.0323. The molecule has 0 saturated carbocycles. The fourth-order valence-electron chi connectivity index (χ4n) is 8.05. The second kappa shape index (κ2) is 48.3. The first-order chi connectivity index (χ1) is 28.5. The number of hydrogen-bond donors (Lipinski definition) is 3. The topological polar surface area (TPSA) is 95.9 Å². The number of carbonyl (C=O) groups is 2. The van der Waals surface area contributed by atoms with E-state index in [2.05, 4.69) is 19.2 Å². The van der Waals surface area contributed by atoms with Gasteiger partial charge in [-0.25, -0.2) is 0 Å². The molecule has 1 amide bonds. The lowest BCUT2D eigenvalue weighted by molar-refractivity contribution is -0.143. The Labute approximate surface area is 361 Å². The number of hydrogen-bond acceptors (Lipinski definition) is 5. The smallest absolute Gasteiger partial charge is 0.305 e. The summed E-state index contributed by atoms with van der Waals surface area (Å²) < 4.78 is 5.46. The molecular formula is C52H101NO5. The number of rotatable bonds is 48. The normalized spacial score (nSPS) is 12.7. The first kappa shape index (κ1) is 56.6. The second-order valence-corrected chi connectivity index (χ2v) is 17.9. The number of nitrogens with one attached hydrogen (secondary N) is 1. The number of ether oxygens (including phenoxy) is 1. The molecule has 0 aromatic rings. The van der Waals surface area contributed by atoms with E-state index in [1.807, 2.05) is 6.08 Å². The molecule has 0 aliphatic heterocycles. The third-order valence-electron chi connectivity index (χ3n) is 12.1. The predicted octanol–water partition coefficient (Wildman–Crippen LogP) is 15.3. The van der Waals surface area contributed by atoms with E-state index in [0.29, 0.717) is 19.4 Å². The molecule has 6 heteroatoms. The summed E-state index contributed by atoms with van der Waals surface area (Å²) in [4.78, 5) is 24.4. The van der Waals surface area contributed by atoms with Crippen LogP contribution in [0.2, 0.25) is 0 Å². The molecule has 2 atom stereocenters. The van der Waals surface area contributed by atoms with Gasteiger partial charge in [-0.05, 0) is 32.1 Å². The van der Waals surface area contributed by atoms with Gasteiger partial charge in [-0.15, -0.1) is 0 Å². The van der Waals surface area contributed by atoms with E-state index in [4.69, 9.17) is 4.74 Å². The van der Waals surface area contributed by atoms with Crippen molar-refractivity contribution in [3.8, 4) is 0 Å². The lowest BCUT2D eigenvalue weighted by Crippen LogP contribution is -2.45. The Morgan fingerprint density at radius 1 is 0.466 bits per heavy atom. The highest BCUT2D eigenvalue weighted by atomic mass is 16.5. The van der Waals surface area contributed by atoms with Gasteiger partial charge in [0.15, 0.2) is 0 Å². The summed E-state index contributed by atoms with van der Waals surface area (Å²) >= 11 is 0. The average Bonchev–Trinajstić information content (AvgIpc) is 3.22. The Hall–Kier alpha value is -1.40. The van der Waals surface area contributed by atoms with Crippen molar-refractivity contribution in [1.82, 2.24) is 5.32 Å². The summed E-state index contributed by atoms with van der Waals surface area (Å²) in [5, 5.41) is 23.0. The fourth-order valence-corrected chi connectivity index (χ4v) is 8.05. The number of unbranched alkanes of at least 4 members (excludes halogenated alkanes) is 37. The minimum absolute atomic E-state index is 0.00505. The number of allylic oxidation sites excluding steroid dienone is 1. The van der Waals surface area contributed by atoms with Gasteiger partial charge < -0.3 is 20.3 Å². The van der Waals surface area contributed by atoms with Gasteiger partial charge in [0.05, 0.1) is 25.4 Å². The standard InChI is InChI=1S/C52H101NO5/c1-3-5-7-9-11-13-15-24-28-32-36-40-44-50(55)49(48-54)53-51(56)45-41-37-33-29-25-22-20-18-17-19-21-23-27-31-35-39-43-47-58-52(57)46-42-38-34-30-26-16-14-12-10-8-6-4-2/h40,44,49-50,54-55H,3-39,41-43,45-48H2,1-2H3,(H,53,56)/b44-40+. The van der Waals surface area contributed by atoms with Crippen molar-refractivity contribution in [3.63, 3.8) is 0 Å². The van der Waals surface area contributed by atoms with Gasteiger partial charge in [-0.1, -0.05) is 251 Å². The summed E-state index contributed by atoms with van der Waals surface area (Å²) in [6.45, 7) is 4.89. The third kappa shape index (κ3) is 44.2. The molecule has 0 aromatic heterocycles. The Morgan fingerprint density at radius 2 is 0.793 bits per heavy atom. The fraction of sp³-hybridized carbons (Fsp3) is 0.923. The maximum absolute atomic E-state index is 12.4. The molecule has 0 rings (SSSR count). The molecule has 3 N–H and O–H groups in total. The molecule has 0 spiro atoms. The van der Waals surface area contributed by atoms with Gasteiger partial charge in [0.1, 0.15) is 0 Å². The van der Waals surface area contributed by atoms with E-state index >= 15 is 0 Å². The molecule has 0 saturated heterocycles. The van der Waals surface area contributed by atoms with Crippen LogP contribution in [0.4, 0.5) is 0 Å². The zero-order valence-electron chi connectivity index (χ0n) is 39.0. The molecule has 6 nitrogen and oxygen atoms in total. The van der Waals surface area contributed by atoms with Crippen molar-refractivity contribution in [2.75, 3.05) is 13.2 Å². The van der Waals surface area contributed by atoms with Gasteiger partial charge in [-0.3, -0.25) is 9.59 Å². The van der Waals surface area contributed by atoms with Crippen LogP contribution in [0, 0.1) is 0 Å². The van der Waals surface area contributed by atoms with Gasteiger partial charge >= 0.3 is 5.97 Å². The van der Waals surface area contributed by atoms with E-state index in [-0.39, 0.29) is 18.5 Å². The zero-order valence-corrected chi connectivity index (χ0v) is 39.0. The number of carbonyl (C=O) groups excluding carboxylic acids is 2. The monoisotopic (exact) mass is 820 g/mol. The third-order valence-corrected chi connectivity index (χ3v) is 12.1. The lowest BCUT2D eigenvalue weighted by Gasteiger charge is -2.20. The molecule has 0 heterocycles. The summed E-state index contributed by atoms with van der Waals surface area (Å²) in [5.41, 5.74) is 0. The first-order valence-corrected chi connectivity index (χ1v) is 26.0. The summed E-state index contributed by atoms with van der Waals surface area (Å²) in [6, 6.07) is -0.629. The molecule has 0 bridgehead atoms. The van der Waals surface area contributed by atoms with E-state index in [0.717, 1.165) is 44.9 Å². The maximum atomic E-state index is 12.4. The van der Waals surface area contributed by atoms with Crippen LogP contribution in [0.25, 0.3) is 0 Å². The van der Waals surface area contributed by atoms with Crippen molar-refractivity contribution < 1.29 is 24.5 Å². The lowest BCUT2D eigenvalue weighted by atomic mass is 10.0. The molecule has 2 unspecified atom stereocenters. The van der Waals surface area contributed by atoms with Crippen molar-refractivity contribution in [2.24, 2.45) is 0 Å². The first-order valence-electron chi connectivity index (χ1n) is 26.0. The Kier molecular flexibility index (Phi) is 47.1. The molecule has 344 valence electrons. The average molecular weight is 820 g/mol.